The van der Waals surface area contributed by atoms with Crippen LogP contribution in [-0.2, 0) is 16.6 Å². The van der Waals surface area contributed by atoms with Gasteiger partial charge >= 0.3 is 0 Å². The Balaban J connectivity index is 2.15. The van der Waals surface area contributed by atoms with Gasteiger partial charge in [0.1, 0.15) is 4.90 Å². The van der Waals surface area contributed by atoms with Gasteiger partial charge in [-0.2, -0.15) is 5.10 Å². The number of aromatic nitrogens is 2. The summed E-state index contributed by atoms with van der Waals surface area (Å²) in [4.78, 5) is 2.41. The molecule has 7 nitrogen and oxygen atoms in total. The number of rotatable bonds is 6. The fourth-order valence-corrected chi connectivity index (χ4v) is 4.38. The molecular weight excluding hydrogens is 292 g/mol. The van der Waals surface area contributed by atoms with Gasteiger partial charge in [0.05, 0.1) is 24.5 Å². The number of aryl methyl sites for hydroxylation is 1. The normalized spacial score (nSPS) is 20.3. The van der Waals surface area contributed by atoms with Gasteiger partial charge in [0.15, 0.2) is 0 Å². The lowest BCUT2D eigenvalue weighted by molar-refractivity contribution is 0.267. The number of hydrogen-bond donors (Lipinski definition) is 2. The van der Waals surface area contributed by atoms with Crippen LogP contribution in [0.15, 0.2) is 4.90 Å². The molecule has 0 radical (unpaired) electrons. The zero-order chi connectivity index (χ0) is 15.6. The number of nitrogens with zero attached hydrogens (tertiary/aromatic N) is 3. The fourth-order valence-electron chi connectivity index (χ4n) is 2.90. The summed E-state index contributed by atoms with van der Waals surface area (Å²) in [6, 6.07) is 0.257. The van der Waals surface area contributed by atoms with E-state index in [1.165, 1.54) is 4.68 Å². The first-order valence-corrected chi connectivity index (χ1v) is 8.70. The lowest BCUT2D eigenvalue weighted by Crippen LogP contribution is -2.38. The topological polar surface area (TPSA) is 87.5 Å². The van der Waals surface area contributed by atoms with Crippen LogP contribution in [0, 0.1) is 13.8 Å². The van der Waals surface area contributed by atoms with Crippen molar-refractivity contribution in [3.8, 4) is 0 Å². The van der Waals surface area contributed by atoms with Crippen molar-refractivity contribution in [2.24, 2.45) is 0 Å². The van der Waals surface area contributed by atoms with E-state index in [2.05, 4.69) is 14.7 Å². The first-order chi connectivity index (χ1) is 9.86. The Bertz CT molecular complexity index is 597. The molecule has 1 aromatic rings. The molecule has 0 aromatic carbocycles. The molecule has 120 valence electrons. The molecule has 1 aromatic heterocycles. The van der Waals surface area contributed by atoms with Crippen molar-refractivity contribution in [2.45, 2.75) is 44.2 Å². The Morgan fingerprint density at radius 3 is 2.71 bits per heavy atom. The van der Waals surface area contributed by atoms with Gasteiger partial charge in [-0.25, -0.2) is 13.1 Å². The zero-order valence-electron chi connectivity index (χ0n) is 12.8. The van der Waals surface area contributed by atoms with Crippen LogP contribution in [0.1, 0.15) is 24.2 Å². The minimum Gasteiger partial charge on any atom is -0.394 e. The molecule has 1 saturated heterocycles. The summed E-state index contributed by atoms with van der Waals surface area (Å²) in [6.45, 7) is 5.06. The summed E-state index contributed by atoms with van der Waals surface area (Å²) in [5.41, 5.74) is 1.03. The molecule has 1 unspecified atom stereocenters. The van der Waals surface area contributed by atoms with E-state index in [1.807, 2.05) is 7.05 Å². The summed E-state index contributed by atoms with van der Waals surface area (Å²) >= 11 is 0. The van der Waals surface area contributed by atoms with Crippen molar-refractivity contribution in [1.82, 2.24) is 19.4 Å². The smallest absolute Gasteiger partial charge is 0.244 e. The quantitative estimate of drug-likeness (QED) is 0.763. The van der Waals surface area contributed by atoms with Gasteiger partial charge in [-0.3, -0.25) is 4.68 Å². The average molecular weight is 316 g/mol. The second-order valence-electron chi connectivity index (χ2n) is 5.58. The largest absolute Gasteiger partial charge is 0.394 e. The van der Waals surface area contributed by atoms with E-state index in [0.717, 1.165) is 19.4 Å². The minimum absolute atomic E-state index is 0.0677. The molecule has 1 fully saturated rings. The van der Waals surface area contributed by atoms with Crippen LogP contribution in [0.4, 0.5) is 0 Å². The van der Waals surface area contributed by atoms with E-state index in [-0.39, 0.29) is 17.5 Å². The lowest BCUT2D eigenvalue weighted by atomic mass is 10.2. The van der Waals surface area contributed by atoms with Gasteiger partial charge in [-0.05, 0) is 40.3 Å². The van der Waals surface area contributed by atoms with Gasteiger partial charge in [-0.15, -0.1) is 0 Å². The highest BCUT2D eigenvalue weighted by molar-refractivity contribution is 7.89. The Morgan fingerprint density at radius 2 is 2.14 bits per heavy atom. The molecular formula is C13H24N4O3S. The molecule has 21 heavy (non-hydrogen) atoms. The van der Waals surface area contributed by atoms with Crippen molar-refractivity contribution in [2.75, 3.05) is 26.7 Å². The number of nitrogens with one attached hydrogen (secondary N) is 1. The summed E-state index contributed by atoms with van der Waals surface area (Å²) < 4.78 is 29.3. The van der Waals surface area contributed by atoms with Gasteiger partial charge in [-0.1, -0.05) is 0 Å². The maximum atomic E-state index is 12.5. The highest BCUT2D eigenvalue weighted by Gasteiger charge is 2.27. The number of hydrogen-bond acceptors (Lipinski definition) is 5. The molecule has 0 aliphatic carbocycles. The molecule has 1 atom stereocenters. The minimum atomic E-state index is -3.57. The highest BCUT2D eigenvalue weighted by atomic mass is 32.2. The van der Waals surface area contributed by atoms with Crippen LogP contribution in [0.5, 0.6) is 0 Å². The second-order valence-corrected chi connectivity index (χ2v) is 7.28. The number of aliphatic hydroxyl groups excluding tert-OH is 1. The molecule has 1 aliphatic rings. The van der Waals surface area contributed by atoms with Gasteiger partial charge in [0.25, 0.3) is 0 Å². The predicted octanol–water partition coefficient (Wildman–Crippen LogP) is -0.135. The lowest BCUT2D eigenvalue weighted by Gasteiger charge is -2.19. The number of aliphatic hydroxyl groups is 1. The van der Waals surface area contributed by atoms with Crippen molar-refractivity contribution < 1.29 is 13.5 Å². The third-order valence-corrected chi connectivity index (χ3v) is 5.75. The van der Waals surface area contributed by atoms with Gasteiger partial charge < -0.3 is 10.0 Å². The second kappa shape index (κ2) is 6.43. The summed E-state index contributed by atoms with van der Waals surface area (Å²) in [7, 11) is -1.56. The molecule has 2 heterocycles. The Morgan fingerprint density at radius 1 is 1.43 bits per heavy atom. The summed E-state index contributed by atoms with van der Waals surface area (Å²) in [6.07, 6.45) is 2.12. The van der Waals surface area contributed by atoms with E-state index in [0.29, 0.717) is 24.5 Å². The highest BCUT2D eigenvalue weighted by Crippen LogP contribution is 2.20. The van der Waals surface area contributed by atoms with Crippen molar-refractivity contribution in [3.63, 3.8) is 0 Å². The Hall–Kier alpha value is -0.960. The third-order valence-electron chi connectivity index (χ3n) is 4.08. The van der Waals surface area contributed by atoms with Crippen LogP contribution in [0.2, 0.25) is 0 Å². The molecule has 0 amide bonds. The number of likely N-dealkylation sites (N-methyl/N-ethyl adjacent to an activating group) is 1. The molecule has 2 N–H and O–H groups in total. The van der Waals surface area contributed by atoms with E-state index in [1.54, 1.807) is 13.8 Å². The first-order valence-electron chi connectivity index (χ1n) is 7.21. The molecule has 0 saturated carbocycles. The summed E-state index contributed by atoms with van der Waals surface area (Å²) in [5, 5.41) is 13.2. The summed E-state index contributed by atoms with van der Waals surface area (Å²) in [5.74, 6) is 0. The maximum absolute atomic E-state index is 12.5. The van der Waals surface area contributed by atoms with Gasteiger partial charge in [0.2, 0.25) is 10.0 Å². The van der Waals surface area contributed by atoms with Crippen molar-refractivity contribution in [1.29, 1.82) is 0 Å². The molecule has 1 aliphatic heterocycles. The van der Waals surface area contributed by atoms with Crippen molar-refractivity contribution in [3.05, 3.63) is 11.4 Å². The maximum Gasteiger partial charge on any atom is 0.244 e. The van der Waals surface area contributed by atoms with Gasteiger partial charge in [0, 0.05) is 12.6 Å². The number of sulfonamides is 1. The van der Waals surface area contributed by atoms with Crippen LogP contribution in [0.25, 0.3) is 0 Å². The van der Waals surface area contributed by atoms with E-state index in [9.17, 15) is 8.42 Å². The Labute approximate surface area is 126 Å². The van der Waals surface area contributed by atoms with Crippen LogP contribution in [-0.4, -0.2) is 61.0 Å². The van der Waals surface area contributed by atoms with E-state index in [4.69, 9.17) is 5.11 Å². The van der Waals surface area contributed by atoms with Crippen LogP contribution < -0.4 is 4.72 Å². The van der Waals surface area contributed by atoms with E-state index < -0.39 is 10.0 Å². The fraction of sp³-hybridized carbons (Fsp3) is 0.769. The van der Waals surface area contributed by atoms with Crippen LogP contribution in [0.3, 0.4) is 0 Å². The van der Waals surface area contributed by atoms with E-state index >= 15 is 0 Å². The first kappa shape index (κ1) is 16.4. The molecule has 2 rings (SSSR count). The molecule has 0 spiro atoms. The monoisotopic (exact) mass is 316 g/mol. The third kappa shape index (κ3) is 3.45. The Kier molecular flexibility index (Phi) is 5.03. The number of likely N-dealkylation sites (tertiary alicyclic amines) is 1. The average Bonchev–Trinajstić information content (AvgIpc) is 2.92. The zero-order valence-corrected chi connectivity index (χ0v) is 13.7. The van der Waals surface area contributed by atoms with Crippen LogP contribution >= 0.6 is 0 Å². The predicted molar refractivity (Wildman–Crippen MR) is 79.6 cm³/mol. The SMILES string of the molecule is Cc1nn(CCO)c(C)c1S(=O)(=O)NCC1CCCN1C. The molecule has 8 heteroatoms. The van der Waals surface area contributed by atoms with Crippen molar-refractivity contribution >= 4 is 10.0 Å². The standard InChI is InChI=1S/C13H24N4O3S/c1-10-13(11(2)17(15-10)7-8-18)21(19,20)14-9-12-5-4-6-16(12)3/h12,14,18H,4-9H2,1-3H3. The molecule has 0 bridgehead atoms.